The lowest BCUT2D eigenvalue weighted by Crippen LogP contribution is -2.25. The maximum atomic E-state index is 12.4. The number of amides is 1. The van der Waals surface area contributed by atoms with Crippen molar-refractivity contribution in [3.63, 3.8) is 0 Å². The average molecular weight is 430 g/mol. The van der Waals surface area contributed by atoms with Crippen LogP contribution in [0.25, 0.3) is 22.9 Å². The zero-order chi connectivity index (χ0) is 21.6. The predicted molar refractivity (Wildman–Crippen MR) is 124 cm³/mol. The first-order valence-electron chi connectivity index (χ1n) is 10.1. The number of hydrogen-bond acceptors (Lipinski definition) is 5. The molecule has 0 aliphatic carbocycles. The van der Waals surface area contributed by atoms with Crippen LogP contribution in [0.5, 0.6) is 0 Å². The van der Waals surface area contributed by atoms with Gasteiger partial charge in [-0.2, -0.15) is 0 Å². The molecule has 0 radical (unpaired) electrons. The molecule has 0 saturated carbocycles. The van der Waals surface area contributed by atoms with Crippen molar-refractivity contribution >= 4 is 17.7 Å². The van der Waals surface area contributed by atoms with E-state index >= 15 is 0 Å². The smallest absolute Gasteiger partial charge is 0.251 e. The number of hydrogen-bond donors (Lipinski definition) is 1. The summed E-state index contributed by atoms with van der Waals surface area (Å²) in [7, 11) is 0. The highest BCUT2D eigenvalue weighted by atomic mass is 32.2. The van der Waals surface area contributed by atoms with Gasteiger partial charge in [0.15, 0.2) is 0 Å². The van der Waals surface area contributed by atoms with Crippen LogP contribution in [-0.2, 0) is 0 Å². The number of aromatic nitrogens is 2. The van der Waals surface area contributed by atoms with Gasteiger partial charge in [-0.05, 0) is 61.9 Å². The summed E-state index contributed by atoms with van der Waals surface area (Å²) in [6.45, 7) is 4.68. The normalized spacial score (nSPS) is 10.8. The van der Waals surface area contributed by atoms with Crippen molar-refractivity contribution in [3.05, 3.63) is 89.5 Å². The topological polar surface area (TPSA) is 68.0 Å². The third-order valence-corrected chi connectivity index (χ3v) is 5.89. The fourth-order valence-electron chi connectivity index (χ4n) is 3.10. The van der Waals surface area contributed by atoms with Gasteiger partial charge in [-0.15, -0.1) is 22.0 Å². The van der Waals surface area contributed by atoms with E-state index in [4.69, 9.17) is 4.42 Å². The van der Waals surface area contributed by atoms with Crippen LogP contribution in [0.15, 0.2) is 82.1 Å². The largest absolute Gasteiger partial charge is 0.416 e. The van der Waals surface area contributed by atoms with E-state index in [0.717, 1.165) is 22.4 Å². The van der Waals surface area contributed by atoms with E-state index < -0.39 is 0 Å². The molecule has 1 heterocycles. The Kier molecular flexibility index (Phi) is 6.48. The highest BCUT2D eigenvalue weighted by Crippen LogP contribution is 2.26. The van der Waals surface area contributed by atoms with E-state index in [1.165, 1.54) is 10.5 Å². The quantitative estimate of drug-likeness (QED) is 0.308. The molecule has 0 spiro atoms. The lowest BCUT2D eigenvalue weighted by molar-refractivity contribution is 0.0956. The zero-order valence-corrected chi connectivity index (χ0v) is 18.3. The number of carbonyl (C=O) groups excluding carboxylic acids is 1. The molecular formula is C25H23N3O2S. The molecule has 0 aliphatic rings. The Morgan fingerprint density at radius 3 is 2.35 bits per heavy atom. The number of thioether (sulfide) groups is 1. The molecule has 0 fully saturated rings. The van der Waals surface area contributed by atoms with E-state index in [9.17, 15) is 4.79 Å². The van der Waals surface area contributed by atoms with Gasteiger partial charge in [-0.3, -0.25) is 4.79 Å². The minimum absolute atomic E-state index is 0.0952. The Morgan fingerprint density at radius 1 is 0.903 bits per heavy atom. The summed E-state index contributed by atoms with van der Waals surface area (Å²) in [5, 5.41) is 11.3. The Balaban J connectivity index is 1.33. The predicted octanol–water partition coefficient (Wildman–Crippen LogP) is 5.54. The van der Waals surface area contributed by atoms with E-state index in [-0.39, 0.29) is 5.91 Å². The molecule has 4 rings (SSSR count). The van der Waals surface area contributed by atoms with Crippen LogP contribution in [-0.4, -0.2) is 28.4 Å². The molecule has 0 unspecified atom stereocenters. The number of rotatable bonds is 7. The lowest BCUT2D eigenvalue weighted by atomic mass is 10.1. The number of carbonyl (C=O) groups is 1. The summed E-state index contributed by atoms with van der Waals surface area (Å²) in [6.07, 6.45) is 0. The van der Waals surface area contributed by atoms with Crippen molar-refractivity contribution in [2.24, 2.45) is 0 Å². The molecule has 3 aromatic carbocycles. The molecule has 0 bridgehead atoms. The summed E-state index contributed by atoms with van der Waals surface area (Å²) in [5.74, 6) is 1.64. The van der Waals surface area contributed by atoms with Crippen molar-refractivity contribution in [3.8, 4) is 22.9 Å². The molecule has 31 heavy (non-hydrogen) atoms. The zero-order valence-electron chi connectivity index (χ0n) is 17.5. The minimum atomic E-state index is -0.0952. The molecule has 5 nitrogen and oxygen atoms in total. The fourth-order valence-corrected chi connectivity index (χ4v) is 3.86. The first-order valence-corrected chi connectivity index (χ1v) is 11.1. The fraction of sp³-hybridized carbons (Fsp3) is 0.160. The SMILES string of the molecule is Cc1ccc(SCCNC(=O)c2ccc(-c3nnc(-c4ccccc4C)o3)cc2)cc1. The number of nitrogens with zero attached hydrogens (tertiary/aromatic N) is 2. The highest BCUT2D eigenvalue weighted by Gasteiger charge is 2.13. The van der Waals surface area contributed by atoms with Crippen molar-refractivity contribution in [1.82, 2.24) is 15.5 Å². The van der Waals surface area contributed by atoms with Crippen LogP contribution >= 0.6 is 11.8 Å². The third kappa shape index (κ3) is 5.22. The van der Waals surface area contributed by atoms with Crippen LogP contribution in [0.1, 0.15) is 21.5 Å². The van der Waals surface area contributed by atoms with Gasteiger partial charge in [0.25, 0.3) is 5.91 Å². The monoisotopic (exact) mass is 429 g/mol. The number of aryl methyl sites for hydroxylation is 2. The van der Waals surface area contributed by atoms with E-state index in [1.54, 1.807) is 23.9 Å². The van der Waals surface area contributed by atoms with Gasteiger partial charge in [-0.25, -0.2) is 0 Å². The summed E-state index contributed by atoms with van der Waals surface area (Å²) >= 11 is 1.73. The summed E-state index contributed by atoms with van der Waals surface area (Å²) in [6, 6.07) is 23.5. The Morgan fingerprint density at radius 2 is 1.61 bits per heavy atom. The molecule has 1 aromatic heterocycles. The Hall–Kier alpha value is -3.38. The maximum absolute atomic E-state index is 12.4. The van der Waals surface area contributed by atoms with E-state index in [1.807, 2.05) is 43.3 Å². The first-order chi connectivity index (χ1) is 15.1. The van der Waals surface area contributed by atoms with Gasteiger partial charge in [0.05, 0.1) is 0 Å². The first kappa shape index (κ1) is 20.9. The van der Waals surface area contributed by atoms with Gasteiger partial charge in [0, 0.05) is 33.9 Å². The lowest BCUT2D eigenvalue weighted by Gasteiger charge is -2.06. The van der Waals surface area contributed by atoms with Crippen molar-refractivity contribution in [1.29, 1.82) is 0 Å². The average Bonchev–Trinajstić information content (AvgIpc) is 3.28. The standard InChI is InChI=1S/C25H23N3O2S/c1-17-7-13-21(14-8-17)31-16-15-26-23(29)19-9-11-20(12-10-19)24-27-28-25(30-24)22-6-4-3-5-18(22)2/h3-14H,15-16H2,1-2H3,(H,26,29). The molecule has 1 amide bonds. The van der Waals surface area contributed by atoms with Crippen LogP contribution in [0, 0.1) is 13.8 Å². The highest BCUT2D eigenvalue weighted by molar-refractivity contribution is 7.99. The van der Waals surface area contributed by atoms with Gasteiger partial charge in [0.1, 0.15) is 0 Å². The number of benzene rings is 3. The third-order valence-electron chi connectivity index (χ3n) is 4.87. The summed E-state index contributed by atoms with van der Waals surface area (Å²) in [4.78, 5) is 13.6. The summed E-state index contributed by atoms with van der Waals surface area (Å²) in [5.41, 5.74) is 4.61. The molecule has 0 aliphatic heterocycles. The van der Waals surface area contributed by atoms with Gasteiger partial charge < -0.3 is 9.73 Å². The second-order valence-corrected chi connectivity index (χ2v) is 8.39. The van der Waals surface area contributed by atoms with E-state index in [0.29, 0.717) is 23.9 Å². The van der Waals surface area contributed by atoms with Gasteiger partial charge in [0.2, 0.25) is 11.8 Å². The molecule has 156 valence electrons. The van der Waals surface area contributed by atoms with Gasteiger partial charge in [-0.1, -0.05) is 35.9 Å². The van der Waals surface area contributed by atoms with Crippen LogP contribution < -0.4 is 5.32 Å². The second-order valence-electron chi connectivity index (χ2n) is 7.22. The number of nitrogens with one attached hydrogen (secondary N) is 1. The molecule has 0 saturated heterocycles. The van der Waals surface area contributed by atoms with Crippen molar-refractivity contribution in [2.75, 3.05) is 12.3 Å². The molecular weight excluding hydrogens is 406 g/mol. The van der Waals surface area contributed by atoms with E-state index in [2.05, 4.69) is 46.7 Å². The van der Waals surface area contributed by atoms with Gasteiger partial charge >= 0.3 is 0 Å². The van der Waals surface area contributed by atoms with Crippen molar-refractivity contribution < 1.29 is 9.21 Å². The Labute approximate surface area is 185 Å². The molecule has 4 aromatic rings. The Bertz CT molecular complexity index is 1170. The molecule has 6 heteroatoms. The molecule has 1 N–H and O–H groups in total. The minimum Gasteiger partial charge on any atom is -0.416 e. The summed E-state index contributed by atoms with van der Waals surface area (Å²) < 4.78 is 5.84. The van der Waals surface area contributed by atoms with Crippen LogP contribution in [0.2, 0.25) is 0 Å². The second kappa shape index (κ2) is 9.62. The van der Waals surface area contributed by atoms with Crippen LogP contribution in [0.3, 0.4) is 0 Å². The maximum Gasteiger partial charge on any atom is 0.251 e. The van der Waals surface area contributed by atoms with Crippen molar-refractivity contribution in [2.45, 2.75) is 18.7 Å². The molecule has 0 atom stereocenters. The van der Waals surface area contributed by atoms with Crippen LogP contribution in [0.4, 0.5) is 0 Å².